The Labute approximate surface area is 97.6 Å². The molecule has 0 aliphatic heterocycles. The smallest absolute Gasteiger partial charge is 0.302 e. The summed E-state index contributed by atoms with van der Waals surface area (Å²) in [5.41, 5.74) is 3.72. The Morgan fingerprint density at radius 1 is 1.12 bits per heavy atom. The highest BCUT2D eigenvalue weighted by Crippen LogP contribution is 2.23. The van der Waals surface area contributed by atoms with Gasteiger partial charge in [-0.3, -0.25) is 4.79 Å². The normalized spacial score (nSPS) is 14.3. The number of carbonyl (C=O) groups excluding carboxylic acids is 1. The third-order valence-electron chi connectivity index (χ3n) is 2.83. The van der Waals surface area contributed by atoms with Crippen LogP contribution >= 0.6 is 0 Å². The third-order valence-corrected chi connectivity index (χ3v) is 2.83. The van der Waals surface area contributed by atoms with Crippen molar-refractivity contribution in [3.8, 4) is 0 Å². The van der Waals surface area contributed by atoms with E-state index in [0.717, 1.165) is 0 Å². The first kappa shape index (κ1) is 12.8. The second kappa shape index (κ2) is 5.15. The predicted octanol–water partition coefficient (Wildman–Crippen LogP) is 3.36. The van der Waals surface area contributed by atoms with Crippen molar-refractivity contribution in [2.24, 2.45) is 0 Å². The highest BCUT2D eigenvalue weighted by atomic mass is 16.5. The van der Waals surface area contributed by atoms with E-state index in [1.54, 1.807) is 0 Å². The summed E-state index contributed by atoms with van der Waals surface area (Å²) in [6, 6.07) is 6.45. The molecule has 0 heterocycles. The molecule has 2 atom stereocenters. The summed E-state index contributed by atoms with van der Waals surface area (Å²) >= 11 is 0. The van der Waals surface area contributed by atoms with E-state index in [4.69, 9.17) is 4.74 Å². The van der Waals surface area contributed by atoms with Gasteiger partial charge in [-0.15, -0.1) is 0 Å². The van der Waals surface area contributed by atoms with Crippen LogP contribution < -0.4 is 0 Å². The van der Waals surface area contributed by atoms with Crippen molar-refractivity contribution in [2.75, 3.05) is 0 Å². The van der Waals surface area contributed by atoms with E-state index in [1.165, 1.54) is 23.6 Å². The highest BCUT2D eigenvalue weighted by Gasteiger charge is 2.17. The van der Waals surface area contributed by atoms with Crippen molar-refractivity contribution < 1.29 is 9.53 Å². The fourth-order valence-corrected chi connectivity index (χ4v) is 1.91. The molecule has 0 aliphatic carbocycles. The van der Waals surface area contributed by atoms with Gasteiger partial charge in [0, 0.05) is 12.8 Å². The molecular formula is C14H20O2. The average molecular weight is 220 g/mol. The van der Waals surface area contributed by atoms with Crippen molar-refractivity contribution in [3.05, 3.63) is 34.9 Å². The zero-order chi connectivity index (χ0) is 12.3. The Hall–Kier alpha value is -1.31. The van der Waals surface area contributed by atoms with Crippen LogP contribution in [0.1, 0.15) is 43.4 Å². The van der Waals surface area contributed by atoms with E-state index in [9.17, 15) is 4.79 Å². The number of rotatable bonds is 3. The summed E-state index contributed by atoms with van der Waals surface area (Å²) in [6.07, 6.45) is -0.0845. The zero-order valence-corrected chi connectivity index (χ0v) is 10.7. The molecule has 0 N–H and O–H groups in total. The molecular weight excluding hydrogens is 200 g/mol. The molecule has 0 unspecified atom stereocenters. The number of benzene rings is 1. The molecule has 16 heavy (non-hydrogen) atoms. The molecule has 0 bridgehead atoms. The molecule has 1 aromatic rings. The van der Waals surface area contributed by atoms with Crippen LogP contribution in [0.3, 0.4) is 0 Å². The fourth-order valence-electron chi connectivity index (χ4n) is 1.91. The summed E-state index contributed by atoms with van der Waals surface area (Å²) in [4.78, 5) is 10.9. The van der Waals surface area contributed by atoms with Crippen LogP contribution in [0, 0.1) is 13.8 Å². The van der Waals surface area contributed by atoms with E-state index in [1.807, 2.05) is 6.92 Å². The third kappa shape index (κ3) is 3.37. The lowest BCUT2D eigenvalue weighted by Gasteiger charge is -2.21. The SMILES string of the molecule is CC(=O)O[C@H](C)[C@@H](C)c1cc(C)cc(C)c1. The van der Waals surface area contributed by atoms with E-state index in [0.29, 0.717) is 0 Å². The largest absolute Gasteiger partial charge is 0.462 e. The lowest BCUT2D eigenvalue weighted by molar-refractivity contribution is -0.146. The molecule has 0 amide bonds. The molecule has 2 heteroatoms. The van der Waals surface area contributed by atoms with Crippen LogP contribution in [-0.4, -0.2) is 12.1 Å². The molecule has 0 fully saturated rings. The minimum atomic E-state index is -0.219. The van der Waals surface area contributed by atoms with Crippen LogP contribution in [0.4, 0.5) is 0 Å². The minimum Gasteiger partial charge on any atom is -0.462 e. The van der Waals surface area contributed by atoms with E-state index < -0.39 is 0 Å². The van der Waals surface area contributed by atoms with Gasteiger partial charge < -0.3 is 4.74 Å². The second-order valence-electron chi connectivity index (χ2n) is 4.52. The summed E-state index contributed by atoms with van der Waals surface area (Å²) < 4.78 is 5.21. The quantitative estimate of drug-likeness (QED) is 0.730. The van der Waals surface area contributed by atoms with E-state index >= 15 is 0 Å². The maximum absolute atomic E-state index is 10.9. The Balaban J connectivity index is 2.86. The molecule has 2 nitrogen and oxygen atoms in total. The molecule has 0 saturated heterocycles. The number of ether oxygens (including phenoxy) is 1. The molecule has 0 saturated carbocycles. The number of aryl methyl sites for hydroxylation is 2. The summed E-state index contributed by atoms with van der Waals surface area (Å²) in [5, 5.41) is 0. The van der Waals surface area contributed by atoms with Crippen molar-refractivity contribution in [1.82, 2.24) is 0 Å². The Morgan fingerprint density at radius 3 is 2.06 bits per heavy atom. The topological polar surface area (TPSA) is 26.3 Å². The summed E-state index contributed by atoms with van der Waals surface area (Å²) in [7, 11) is 0. The summed E-state index contributed by atoms with van der Waals surface area (Å²) in [5.74, 6) is 0.00576. The van der Waals surface area contributed by atoms with Gasteiger partial charge in [0.1, 0.15) is 6.10 Å². The Kier molecular flexibility index (Phi) is 4.11. The monoisotopic (exact) mass is 220 g/mol. The van der Waals surface area contributed by atoms with Gasteiger partial charge >= 0.3 is 5.97 Å². The molecule has 1 rings (SSSR count). The lowest BCUT2D eigenvalue weighted by Crippen LogP contribution is -2.19. The zero-order valence-electron chi connectivity index (χ0n) is 10.7. The Morgan fingerprint density at radius 2 is 1.62 bits per heavy atom. The van der Waals surface area contributed by atoms with Crippen molar-refractivity contribution in [2.45, 2.75) is 46.6 Å². The first-order valence-corrected chi connectivity index (χ1v) is 5.65. The van der Waals surface area contributed by atoms with Gasteiger partial charge in [0.15, 0.2) is 0 Å². The first-order chi connectivity index (χ1) is 7.40. The fraction of sp³-hybridized carbons (Fsp3) is 0.500. The van der Waals surface area contributed by atoms with Gasteiger partial charge in [-0.1, -0.05) is 36.2 Å². The number of esters is 1. The van der Waals surface area contributed by atoms with Crippen LogP contribution in [0.15, 0.2) is 18.2 Å². The molecule has 0 radical (unpaired) electrons. The van der Waals surface area contributed by atoms with Crippen LogP contribution in [0.5, 0.6) is 0 Å². The number of hydrogen-bond donors (Lipinski definition) is 0. The van der Waals surface area contributed by atoms with Gasteiger partial charge in [0.05, 0.1) is 0 Å². The minimum absolute atomic E-state index is 0.0845. The van der Waals surface area contributed by atoms with E-state index in [-0.39, 0.29) is 18.0 Å². The van der Waals surface area contributed by atoms with Crippen molar-refractivity contribution >= 4 is 5.97 Å². The molecule has 88 valence electrons. The van der Waals surface area contributed by atoms with Crippen molar-refractivity contribution in [1.29, 1.82) is 0 Å². The highest BCUT2D eigenvalue weighted by molar-refractivity contribution is 5.66. The van der Waals surface area contributed by atoms with E-state index in [2.05, 4.69) is 39.0 Å². The first-order valence-electron chi connectivity index (χ1n) is 5.65. The van der Waals surface area contributed by atoms with Gasteiger partial charge in [-0.2, -0.15) is 0 Å². The summed E-state index contributed by atoms with van der Waals surface area (Å²) in [6.45, 7) is 9.63. The maximum atomic E-state index is 10.9. The molecule has 0 spiro atoms. The van der Waals surface area contributed by atoms with Crippen LogP contribution in [-0.2, 0) is 9.53 Å². The van der Waals surface area contributed by atoms with Crippen LogP contribution in [0.2, 0.25) is 0 Å². The second-order valence-corrected chi connectivity index (χ2v) is 4.52. The van der Waals surface area contributed by atoms with Crippen molar-refractivity contribution in [3.63, 3.8) is 0 Å². The van der Waals surface area contributed by atoms with Crippen LogP contribution in [0.25, 0.3) is 0 Å². The number of carbonyl (C=O) groups is 1. The molecule has 1 aromatic carbocycles. The van der Waals surface area contributed by atoms with Gasteiger partial charge in [0.2, 0.25) is 0 Å². The Bertz CT molecular complexity index is 362. The lowest BCUT2D eigenvalue weighted by atomic mass is 9.93. The average Bonchev–Trinajstić information content (AvgIpc) is 2.13. The maximum Gasteiger partial charge on any atom is 0.302 e. The molecule has 0 aliphatic rings. The van der Waals surface area contributed by atoms with Gasteiger partial charge in [-0.25, -0.2) is 0 Å². The molecule has 0 aromatic heterocycles. The predicted molar refractivity (Wildman–Crippen MR) is 65.6 cm³/mol. The number of hydrogen-bond acceptors (Lipinski definition) is 2. The van der Waals surface area contributed by atoms with Gasteiger partial charge in [-0.05, 0) is 26.3 Å². The van der Waals surface area contributed by atoms with Gasteiger partial charge in [0.25, 0.3) is 0 Å². The standard InChI is InChI=1S/C14H20O2/c1-9-6-10(2)8-14(7-9)11(3)12(4)16-13(5)15/h6-8,11-12H,1-5H3/t11-,12-/m1/s1.